The van der Waals surface area contributed by atoms with Crippen LogP contribution in [0.5, 0.6) is 0 Å². The lowest BCUT2D eigenvalue weighted by atomic mass is 10.1. The zero-order chi connectivity index (χ0) is 13.8. The van der Waals surface area contributed by atoms with Crippen molar-refractivity contribution >= 4 is 40.7 Å². The molecule has 6 heteroatoms. The summed E-state index contributed by atoms with van der Waals surface area (Å²) < 4.78 is 0. The smallest absolute Gasteiger partial charge is 0.332 e. The average molecular weight is 294 g/mol. The van der Waals surface area contributed by atoms with Crippen molar-refractivity contribution in [1.29, 1.82) is 0 Å². The molecule has 2 N–H and O–H groups in total. The fraction of sp³-hybridized carbons (Fsp3) is 0.0769. The van der Waals surface area contributed by atoms with Crippen molar-refractivity contribution in [3.05, 3.63) is 40.1 Å². The van der Waals surface area contributed by atoms with Crippen LogP contribution in [-0.4, -0.2) is 22.2 Å². The van der Waals surface area contributed by atoms with E-state index in [-0.39, 0.29) is 5.57 Å². The lowest BCUT2D eigenvalue weighted by molar-refractivity contribution is -0.139. The average Bonchev–Trinajstić information content (AvgIpc) is 2.97. The Hall–Kier alpha value is -1.92. The molecule has 0 aliphatic heterocycles. The summed E-state index contributed by atoms with van der Waals surface area (Å²) in [6, 6.07) is 7.63. The van der Waals surface area contributed by atoms with Crippen LogP contribution < -0.4 is 0 Å². The number of hydrogen-bond donors (Lipinski definition) is 2. The summed E-state index contributed by atoms with van der Waals surface area (Å²) in [4.78, 5) is 24.4. The minimum atomic E-state index is -1.20. The third-order valence-electron chi connectivity index (χ3n) is 2.32. The molecule has 2 heterocycles. The first-order chi connectivity index (χ1) is 9.06. The fourth-order valence-corrected chi connectivity index (χ4v) is 3.31. The maximum absolute atomic E-state index is 10.9. The van der Waals surface area contributed by atoms with Crippen LogP contribution in [0.15, 0.2) is 35.2 Å². The molecule has 0 fully saturated rings. The molecule has 0 atom stereocenters. The molecule has 0 saturated carbocycles. The van der Waals surface area contributed by atoms with Gasteiger partial charge in [0.05, 0.1) is 6.42 Å². The van der Waals surface area contributed by atoms with Crippen LogP contribution >= 0.6 is 22.7 Å². The highest BCUT2D eigenvalue weighted by Gasteiger charge is 2.12. The van der Waals surface area contributed by atoms with Gasteiger partial charge in [0.2, 0.25) is 0 Å². The van der Waals surface area contributed by atoms with Crippen molar-refractivity contribution in [2.24, 2.45) is 0 Å². The van der Waals surface area contributed by atoms with Gasteiger partial charge >= 0.3 is 11.9 Å². The van der Waals surface area contributed by atoms with Crippen molar-refractivity contribution in [3.63, 3.8) is 0 Å². The fourth-order valence-electron chi connectivity index (χ4n) is 1.50. The Morgan fingerprint density at radius 3 is 2.53 bits per heavy atom. The number of rotatable bonds is 5. The predicted octanol–water partition coefficient (Wildman–Crippen LogP) is 3.42. The third kappa shape index (κ3) is 3.52. The second-order valence-corrected chi connectivity index (χ2v) is 5.79. The van der Waals surface area contributed by atoms with Crippen LogP contribution in [0, 0.1) is 0 Å². The van der Waals surface area contributed by atoms with Gasteiger partial charge in [0, 0.05) is 20.2 Å². The van der Waals surface area contributed by atoms with Crippen LogP contribution in [-0.2, 0) is 9.59 Å². The zero-order valence-electron chi connectivity index (χ0n) is 9.70. The number of aliphatic carboxylic acids is 2. The molecule has 0 aliphatic rings. The SMILES string of the molecule is O=C(O)CC(=Cc1ccc(-c2cccs2)s1)C(=O)O. The van der Waals surface area contributed by atoms with Gasteiger partial charge in [-0.1, -0.05) is 6.07 Å². The second-order valence-electron chi connectivity index (χ2n) is 3.72. The molecule has 2 aromatic rings. The van der Waals surface area contributed by atoms with E-state index in [1.165, 1.54) is 17.4 Å². The summed E-state index contributed by atoms with van der Waals surface area (Å²) in [7, 11) is 0. The van der Waals surface area contributed by atoms with Crippen molar-refractivity contribution in [3.8, 4) is 9.75 Å². The van der Waals surface area contributed by atoms with Gasteiger partial charge in [-0.3, -0.25) is 4.79 Å². The molecule has 2 rings (SSSR count). The van der Waals surface area contributed by atoms with E-state index in [0.717, 1.165) is 14.6 Å². The van der Waals surface area contributed by atoms with E-state index in [0.29, 0.717) is 0 Å². The molecular weight excluding hydrogens is 284 g/mol. The molecule has 0 radical (unpaired) electrons. The molecule has 0 unspecified atom stereocenters. The largest absolute Gasteiger partial charge is 0.481 e. The Kier molecular flexibility index (Phi) is 4.13. The molecule has 2 aromatic heterocycles. The van der Waals surface area contributed by atoms with Crippen molar-refractivity contribution in [2.75, 3.05) is 0 Å². The molecular formula is C13H10O4S2. The Balaban J connectivity index is 2.26. The number of carbonyl (C=O) groups is 2. The first-order valence-corrected chi connectivity index (χ1v) is 7.05. The predicted molar refractivity (Wildman–Crippen MR) is 75.5 cm³/mol. The lowest BCUT2D eigenvalue weighted by Gasteiger charge is -1.96. The van der Waals surface area contributed by atoms with Gasteiger partial charge in [0.1, 0.15) is 0 Å². The molecule has 98 valence electrons. The highest BCUT2D eigenvalue weighted by atomic mass is 32.1. The highest BCUT2D eigenvalue weighted by molar-refractivity contribution is 7.21. The molecule has 0 aliphatic carbocycles. The minimum Gasteiger partial charge on any atom is -0.481 e. The van der Waals surface area contributed by atoms with E-state index in [1.54, 1.807) is 17.4 Å². The Morgan fingerprint density at radius 2 is 1.95 bits per heavy atom. The standard InChI is InChI=1S/C13H10O4S2/c14-12(15)7-8(13(16)17)6-9-3-4-11(19-9)10-2-1-5-18-10/h1-6H,7H2,(H,14,15)(H,16,17). The Morgan fingerprint density at radius 1 is 1.16 bits per heavy atom. The Bertz CT molecular complexity index is 623. The van der Waals surface area contributed by atoms with E-state index in [1.807, 2.05) is 23.6 Å². The quantitative estimate of drug-likeness (QED) is 0.829. The maximum Gasteiger partial charge on any atom is 0.332 e. The van der Waals surface area contributed by atoms with Gasteiger partial charge in [-0.25, -0.2) is 4.79 Å². The molecule has 4 nitrogen and oxygen atoms in total. The number of carboxylic acids is 2. The van der Waals surface area contributed by atoms with Crippen molar-refractivity contribution in [1.82, 2.24) is 0 Å². The van der Waals surface area contributed by atoms with E-state index in [2.05, 4.69) is 0 Å². The summed E-state index contributed by atoms with van der Waals surface area (Å²) in [5.41, 5.74) is -0.118. The summed E-state index contributed by atoms with van der Waals surface area (Å²) in [6.45, 7) is 0. The summed E-state index contributed by atoms with van der Waals surface area (Å²) in [5.74, 6) is -2.35. The van der Waals surface area contributed by atoms with Crippen LogP contribution in [0.25, 0.3) is 15.8 Å². The summed E-state index contributed by atoms with van der Waals surface area (Å²) >= 11 is 3.05. The molecule has 19 heavy (non-hydrogen) atoms. The summed E-state index contributed by atoms with van der Waals surface area (Å²) in [5, 5.41) is 19.6. The van der Waals surface area contributed by atoms with E-state index in [4.69, 9.17) is 10.2 Å². The van der Waals surface area contributed by atoms with Gasteiger partial charge in [0.25, 0.3) is 0 Å². The normalized spacial score (nSPS) is 11.5. The maximum atomic E-state index is 10.9. The van der Waals surface area contributed by atoms with Gasteiger partial charge in [-0.05, 0) is 29.7 Å². The van der Waals surface area contributed by atoms with Gasteiger partial charge in [0.15, 0.2) is 0 Å². The van der Waals surface area contributed by atoms with Gasteiger partial charge in [-0.15, -0.1) is 22.7 Å². The zero-order valence-corrected chi connectivity index (χ0v) is 11.3. The topological polar surface area (TPSA) is 74.6 Å². The van der Waals surface area contributed by atoms with E-state index in [9.17, 15) is 9.59 Å². The van der Waals surface area contributed by atoms with Crippen molar-refractivity contribution < 1.29 is 19.8 Å². The number of hydrogen-bond acceptors (Lipinski definition) is 4. The van der Waals surface area contributed by atoms with Crippen LogP contribution in [0.3, 0.4) is 0 Å². The first-order valence-electron chi connectivity index (χ1n) is 5.35. The molecule has 0 aromatic carbocycles. The lowest BCUT2D eigenvalue weighted by Crippen LogP contribution is -2.06. The highest BCUT2D eigenvalue weighted by Crippen LogP contribution is 2.32. The minimum absolute atomic E-state index is 0.118. The van der Waals surface area contributed by atoms with Gasteiger partial charge < -0.3 is 10.2 Å². The second kappa shape index (κ2) is 5.81. The molecule has 0 saturated heterocycles. The number of carboxylic acid groups (broad SMARTS) is 2. The number of thiophene rings is 2. The first kappa shape index (κ1) is 13.5. The Labute approximate surface area is 117 Å². The molecule has 0 bridgehead atoms. The van der Waals surface area contributed by atoms with Crippen LogP contribution in [0.4, 0.5) is 0 Å². The van der Waals surface area contributed by atoms with Crippen LogP contribution in [0.1, 0.15) is 11.3 Å². The van der Waals surface area contributed by atoms with Gasteiger partial charge in [-0.2, -0.15) is 0 Å². The van der Waals surface area contributed by atoms with E-state index >= 15 is 0 Å². The van der Waals surface area contributed by atoms with Crippen LogP contribution in [0.2, 0.25) is 0 Å². The molecule has 0 amide bonds. The van der Waals surface area contributed by atoms with Crippen molar-refractivity contribution in [2.45, 2.75) is 6.42 Å². The monoisotopic (exact) mass is 294 g/mol. The molecule has 0 spiro atoms. The summed E-state index contributed by atoms with van der Waals surface area (Å²) in [6.07, 6.45) is 0.930. The third-order valence-corrected chi connectivity index (χ3v) is 4.42. The van der Waals surface area contributed by atoms with E-state index < -0.39 is 18.4 Å².